The second kappa shape index (κ2) is 11.0. The molecule has 0 radical (unpaired) electrons. The van der Waals surface area contributed by atoms with Gasteiger partial charge in [-0.3, -0.25) is 9.59 Å². The van der Waals surface area contributed by atoms with E-state index in [1.807, 2.05) is 6.92 Å². The Morgan fingerprint density at radius 3 is 2.67 bits per heavy atom. The average Bonchev–Trinajstić information content (AvgIpc) is 2.82. The largest absolute Gasteiger partial charge is 0.481 e. The van der Waals surface area contributed by atoms with Crippen LogP contribution in [0.2, 0.25) is 0 Å². The lowest BCUT2D eigenvalue weighted by Gasteiger charge is -2.22. The molecular weight excluding hydrogens is 356 g/mol. The lowest BCUT2D eigenvalue weighted by atomic mass is 10.0. The number of hydrogen-bond acceptors (Lipinski definition) is 3. The number of carbonyl (C=O) groups excluding carboxylic acids is 1. The SMILES string of the molecule is CCC#C[C@@H](C)[C@@H](O)/C=C/[C@H]1CC(F)(F)C(=O)N1CCCCCCC(=O)O. The third kappa shape index (κ3) is 7.67. The number of carboxylic acid groups (broad SMARTS) is 1. The molecule has 0 aromatic carbocycles. The highest BCUT2D eigenvalue weighted by atomic mass is 19.3. The molecule has 2 N–H and O–H groups in total. The molecule has 1 aliphatic rings. The molecule has 0 aromatic heterocycles. The zero-order valence-corrected chi connectivity index (χ0v) is 16.0. The Hall–Kier alpha value is -1.94. The summed E-state index contributed by atoms with van der Waals surface area (Å²) >= 11 is 0. The molecule has 0 aromatic rings. The minimum atomic E-state index is -3.39. The van der Waals surface area contributed by atoms with E-state index in [4.69, 9.17) is 5.11 Å². The van der Waals surface area contributed by atoms with Crippen LogP contribution in [0.3, 0.4) is 0 Å². The van der Waals surface area contributed by atoms with Crippen LogP contribution in [0.4, 0.5) is 8.78 Å². The molecule has 152 valence electrons. The molecule has 1 rings (SSSR count). The molecule has 7 heteroatoms. The molecule has 0 bridgehead atoms. The second-order valence-corrected chi connectivity index (χ2v) is 6.87. The van der Waals surface area contributed by atoms with Gasteiger partial charge in [0.05, 0.1) is 12.1 Å². The van der Waals surface area contributed by atoms with Crippen molar-refractivity contribution in [3.05, 3.63) is 12.2 Å². The van der Waals surface area contributed by atoms with Crippen molar-refractivity contribution in [3.63, 3.8) is 0 Å². The predicted octanol–water partition coefficient (Wildman–Crippen LogP) is 3.22. The summed E-state index contributed by atoms with van der Waals surface area (Å²) in [5, 5.41) is 18.7. The van der Waals surface area contributed by atoms with E-state index >= 15 is 0 Å². The number of halogens is 2. The van der Waals surface area contributed by atoms with Crippen LogP contribution in [0.5, 0.6) is 0 Å². The fourth-order valence-corrected chi connectivity index (χ4v) is 2.93. The van der Waals surface area contributed by atoms with Crippen LogP contribution in [0, 0.1) is 17.8 Å². The van der Waals surface area contributed by atoms with Gasteiger partial charge in [0.25, 0.3) is 5.91 Å². The fourth-order valence-electron chi connectivity index (χ4n) is 2.93. The van der Waals surface area contributed by atoms with Gasteiger partial charge >= 0.3 is 11.9 Å². The number of likely N-dealkylation sites (tertiary alicyclic amines) is 1. The van der Waals surface area contributed by atoms with Crippen LogP contribution in [-0.4, -0.2) is 51.6 Å². The Balaban J connectivity index is 2.60. The maximum absolute atomic E-state index is 13.8. The summed E-state index contributed by atoms with van der Waals surface area (Å²) in [4.78, 5) is 23.6. The highest BCUT2D eigenvalue weighted by Gasteiger charge is 2.52. The first kappa shape index (κ1) is 23.1. The fraction of sp³-hybridized carbons (Fsp3) is 0.700. The van der Waals surface area contributed by atoms with Crippen molar-refractivity contribution in [1.29, 1.82) is 0 Å². The summed E-state index contributed by atoms with van der Waals surface area (Å²) in [6.45, 7) is 3.84. The lowest BCUT2D eigenvalue weighted by Crippen LogP contribution is -2.36. The summed E-state index contributed by atoms with van der Waals surface area (Å²) in [5.74, 6) is 0.00610. The van der Waals surface area contributed by atoms with Crippen LogP contribution >= 0.6 is 0 Å². The molecule has 1 saturated heterocycles. The van der Waals surface area contributed by atoms with E-state index in [-0.39, 0.29) is 18.9 Å². The Kier molecular flexibility index (Phi) is 9.44. The van der Waals surface area contributed by atoms with Crippen molar-refractivity contribution in [1.82, 2.24) is 4.90 Å². The molecular formula is C20H29F2NO4. The molecule has 27 heavy (non-hydrogen) atoms. The van der Waals surface area contributed by atoms with E-state index in [2.05, 4.69) is 11.8 Å². The van der Waals surface area contributed by atoms with Gasteiger partial charge in [0, 0.05) is 31.7 Å². The molecule has 1 fully saturated rings. The van der Waals surface area contributed by atoms with Gasteiger partial charge in [-0.15, -0.1) is 5.92 Å². The third-order valence-electron chi connectivity index (χ3n) is 4.53. The van der Waals surface area contributed by atoms with E-state index in [9.17, 15) is 23.5 Å². The molecule has 1 heterocycles. The summed E-state index contributed by atoms with van der Waals surface area (Å²) in [6.07, 6.45) is 4.61. The number of carbonyl (C=O) groups is 2. The highest BCUT2D eigenvalue weighted by Crippen LogP contribution is 2.34. The molecule has 5 nitrogen and oxygen atoms in total. The summed E-state index contributed by atoms with van der Waals surface area (Å²) in [5.41, 5.74) is 0. The maximum Gasteiger partial charge on any atom is 0.327 e. The standard InChI is InChI=1S/C20H29F2NO4/c1-3-4-9-15(2)17(24)12-11-16-14-20(21,22)19(27)23(16)13-8-6-5-7-10-18(25)26/h11-12,15-17,24H,3,5-8,10,13-14H2,1-2H3,(H,25,26)/b12-11+/t15-,16+,17+/m1/s1. The minimum absolute atomic E-state index is 0.0864. The van der Waals surface area contributed by atoms with Gasteiger partial charge in [-0.25, -0.2) is 0 Å². The number of aliphatic hydroxyl groups is 1. The normalized spacial score (nSPS) is 21.1. The number of nitrogens with zero attached hydrogens (tertiary/aromatic N) is 1. The quantitative estimate of drug-likeness (QED) is 0.344. The van der Waals surface area contributed by atoms with Crippen molar-refractivity contribution in [2.75, 3.05) is 6.54 Å². The molecule has 0 spiro atoms. The zero-order valence-electron chi connectivity index (χ0n) is 16.0. The first-order chi connectivity index (χ1) is 12.7. The molecule has 0 saturated carbocycles. The zero-order chi connectivity index (χ0) is 20.4. The van der Waals surface area contributed by atoms with Crippen molar-refractivity contribution in [2.24, 2.45) is 5.92 Å². The van der Waals surface area contributed by atoms with Crippen LogP contribution in [0.25, 0.3) is 0 Å². The number of hydrogen-bond donors (Lipinski definition) is 2. The first-order valence-corrected chi connectivity index (χ1v) is 9.44. The molecule has 3 atom stereocenters. The van der Waals surface area contributed by atoms with E-state index < -0.39 is 36.4 Å². The number of rotatable bonds is 10. The van der Waals surface area contributed by atoms with Gasteiger partial charge in [0.2, 0.25) is 0 Å². The van der Waals surface area contributed by atoms with Gasteiger partial charge in [0.1, 0.15) is 0 Å². The smallest absolute Gasteiger partial charge is 0.327 e. The Bertz CT molecular complexity index is 595. The average molecular weight is 385 g/mol. The van der Waals surface area contributed by atoms with Gasteiger partial charge < -0.3 is 15.1 Å². The van der Waals surface area contributed by atoms with Gasteiger partial charge in [0.15, 0.2) is 0 Å². The number of aliphatic carboxylic acids is 1. The van der Waals surface area contributed by atoms with Crippen LogP contribution in [0.1, 0.15) is 58.8 Å². The molecule has 0 aliphatic carbocycles. The minimum Gasteiger partial charge on any atom is -0.481 e. The van der Waals surface area contributed by atoms with E-state index in [0.717, 1.165) is 4.90 Å². The maximum atomic E-state index is 13.8. The number of aliphatic hydroxyl groups excluding tert-OH is 1. The Labute approximate surface area is 159 Å². The number of unbranched alkanes of at least 4 members (excludes halogenated alkanes) is 3. The van der Waals surface area contributed by atoms with E-state index in [0.29, 0.717) is 32.1 Å². The van der Waals surface area contributed by atoms with Crippen molar-refractivity contribution in [2.45, 2.75) is 76.9 Å². The van der Waals surface area contributed by atoms with Crippen LogP contribution in [-0.2, 0) is 9.59 Å². The van der Waals surface area contributed by atoms with Crippen molar-refractivity contribution < 1.29 is 28.6 Å². The molecule has 1 aliphatic heterocycles. The molecule has 0 unspecified atom stereocenters. The predicted molar refractivity (Wildman–Crippen MR) is 98.2 cm³/mol. The molecule has 1 amide bonds. The van der Waals surface area contributed by atoms with Gasteiger partial charge in [-0.05, 0) is 19.8 Å². The van der Waals surface area contributed by atoms with Gasteiger partial charge in [-0.2, -0.15) is 8.78 Å². The Morgan fingerprint density at radius 1 is 1.37 bits per heavy atom. The van der Waals surface area contributed by atoms with Gasteiger partial charge in [-0.1, -0.05) is 37.8 Å². The summed E-state index contributed by atoms with van der Waals surface area (Å²) in [7, 11) is 0. The van der Waals surface area contributed by atoms with E-state index in [1.54, 1.807) is 6.92 Å². The highest BCUT2D eigenvalue weighted by molar-refractivity contribution is 5.86. The van der Waals surface area contributed by atoms with E-state index in [1.165, 1.54) is 12.2 Å². The first-order valence-electron chi connectivity index (χ1n) is 9.44. The summed E-state index contributed by atoms with van der Waals surface area (Å²) < 4.78 is 27.7. The Morgan fingerprint density at radius 2 is 2.04 bits per heavy atom. The monoisotopic (exact) mass is 385 g/mol. The number of amides is 1. The summed E-state index contributed by atoms with van der Waals surface area (Å²) in [6, 6.07) is -0.757. The third-order valence-corrected chi connectivity index (χ3v) is 4.53. The van der Waals surface area contributed by atoms with Crippen molar-refractivity contribution >= 4 is 11.9 Å². The number of alkyl halides is 2. The van der Waals surface area contributed by atoms with Crippen LogP contribution < -0.4 is 0 Å². The lowest BCUT2D eigenvalue weighted by molar-refractivity contribution is -0.148. The van der Waals surface area contributed by atoms with Crippen molar-refractivity contribution in [3.8, 4) is 11.8 Å². The number of carboxylic acids is 1. The topological polar surface area (TPSA) is 77.8 Å². The van der Waals surface area contributed by atoms with Crippen LogP contribution in [0.15, 0.2) is 12.2 Å². The second-order valence-electron chi connectivity index (χ2n) is 6.87.